The van der Waals surface area contributed by atoms with Gasteiger partial charge in [-0.15, -0.1) is 0 Å². The summed E-state index contributed by atoms with van der Waals surface area (Å²) in [5, 5.41) is 1.12. The Hall–Kier alpha value is -1.87. The molecule has 0 spiro atoms. The number of methoxy groups -OCH3 is 1. The van der Waals surface area contributed by atoms with Crippen LogP contribution in [-0.4, -0.2) is 24.8 Å². The van der Waals surface area contributed by atoms with Gasteiger partial charge < -0.3 is 9.47 Å². The monoisotopic (exact) mass is 377 g/mol. The van der Waals surface area contributed by atoms with Gasteiger partial charge >= 0.3 is 0 Å². The number of hydrogen-bond acceptors (Lipinski definition) is 3. The Kier molecular flexibility index (Phi) is 4.88. The molecule has 3 heteroatoms. The van der Waals surface area contributed by atoms with E-state index in [0.29, 0.717) is 17.9 Å². The smallest absolute Gasteiger partial charge is 0.119 e. The van der Waals surface area contributed by atoms with Crippen LogP contribution < -0.4 is 4.74 Å². The molecule has 1 aliphatic heterocycles. The minimum atomic E-state index is 0.388. The van der Waals surface area contributed by atoms with E-state index < -0.39 is 0 Å². The molecule has 0 bridgehead atoms. The molecule has 148 valence electrons. The lowest BCUT2D eigenvalue weighted by molar-refractivity contribution is 0.0378. The van der Waals surface area contributed by atoms with Crippen LogP contribution in [0.2, 0.25) is 0 Å². The molecule has 0 radical (unpaired) electrons. The molecule has 2 aliphatic carbocycles. The molecule has 1 saturated heterocycles. The lowest BCUT2D eigenvalue weighted by atomic mass is 9.57. The van der Waals surface area contributed by atoms with E-state index in [9.17, 15) is 0 Å². The van der Waals surface area contributed by atoms with Gasteiger partial charge in [0.25, 0.3) is 0 Å². The highest BCUT2D eigenvalue weighted by Crippen LogP contribution is 2.53. The third-order valence-electron chi connectivity index (χ3n) is 7.58. The molecule has 2 heterocycles. The Balaban J connectivity index is 1.43. The van der Waals surface area contributed by atoms with Crippen molar-refractivity contribution >= 4 is 17.0 Å². The van der Waals surface area contributed by atoms with Gasteiger partial charge in [-0.2, -0.15) is 0 Å². The fourth-order valence-corrected chi connectivity index (χ4v) is 6.26. The molecule has 1 aromatic carbocycles. The average Bonchev–Trinajstić information content (AvgIpc) is 3.11. The number of benzene rings is 1. The predicted molar refractivity (Wildman–Crippen MR) is 113 cm³/mol. The first-order valence-corrected chi connectivity index (χ1v) is 11.0. The van der Waals surface area contributed by atoms with Gasteiger partial charge in [0.1, 0.15) is 5.75 Å². The van der Waals surface area contributed by atoms with E-state index in [2.05, 4.69) is 31.2 Å². The van der Waals surface area contributed by atoms with Gasteiger partial charge in [0.2, 0.25) is 0 Å². The van der Waals surface area contributed by atoms with E-state index in [4.69, 9.17) is 14.5 Å². The molecule has 3 nitrogen and oxygen atoms in total. The summed E-state index contributed by atoms with van der Waals surface area (Å²) in [6, 6.07) is 10.4. The molecule has 0 unspecified atom stereocenters. The Morgan fingerprint density at radius 3 is 2.89 bits per heavy atom. The highest BCUT2D eigenvalue weighted by molar-refractivity contribution is 5.81. The second kappa shape index (κ2) is 7.51. The highest BCUT2D eigenvalue weighted by atomic mass is 16.5. The Morgan fingerprint density at radius 2 is 2.00 bits per heavy atom. The Morgan fingerprint density at radius 1 is 1.11 bits per heavy atom. The van der Waals surface area contributed by atoms with Crippen molar-refractivity contribution in [3.63, 3.8) is 0 Å². The summed E-state index contributed by atoms with van der Waals surface area (Å²) in [6.45, 7) is 3.26. The number of fused-ring (bicyclic) bond motifs is 3. The molecule has 0 N–H and O–H groups in total. The third kappa shape index (κ3) is 3.24. The van der Waals surface area contributed by atoms with Crippen molar-refractivity contribution < 1.29 is 9.47 Å². The number of pyridine rings is 1. The van der Waals surface area contributed by atoms with Crippen LogP contribution >= 0.6 is 0 Å². The summed E-state index contributed by atoms with van der Waals surface area (Å²) >= 11 is 0. The van der Waals surface area contributed by atoms with Gasteiger partial charge in [-0.05, 0) is 79.7 Å². The van der Waals surface area contributed by atoms with Crippen LogP contribution in [0.1, 0.15) is 44.7 Å². The third-order valence-corrected chi connectivity index (χ3v) is 7.58. The zero-order chi connectivity index (χ0) is 19.1. The molecule has 3 aliphatic rings. The second-order valence-corrected chi connectivity index (χ2v) is 9.05. The van der Waals surface area contributed by atoms with E-state index in [0.717, 1.165) is 46.7 Å². The fourth-order valence-electron chi connectivity index (χ4n) is 6.26. The topological polar surface area (TPSA) is 31.4 Å². The van der Waals surface area contributed by atoms with E-state index in [1.165, 1.54) is 32.1 Å². The summed E-state index contributed by atoms with van der Waals surface area (Å²) in [4.78, 5) is 4.87. The van der Waals surface area contributed by atoms with Crippen molar-refractivity contribution in [1.82, 2.24) is 4.98 Å². The number of hydrogen-bond donors (Lipinski definition) is 0. The van der Waals surface area contributed by atoms with Crippen LogP contribution in [0.25, 0.3) is 17.0 Å². The zero-order valence-corrected chi connectivity index (χ0v) is 17.0. The number of aromatic nitrogens is 1. The summed E-state index contributed by atoms with van der Waals surface area (Å²) in [5.74, 6) is 4.68. The van der Waals surface area contributed by atoms with Crippen LogP contribution in [0, 0.1) is 29.6 Å². The molecule has 2 aromatic rings. The maximum Gasteiger partial charge on any atom is 0.119 e. The summed E-state index contributed by atoms with van der Waals surface area (Å²) in [7, 11) is 1.70. The van der Waals surface area contributed by atoms with Crippen molar-refractivity contribution in [3.05, 3.63) is 42.1 Å². The van der Waals surface area contributed by atoms with E-state index in [-0.39, 0.29) is 0 Å². The maximum atomic E-state index is 6.11. The lowest BCUT2D eigenvalue weighted by Gasteiger charge is -2.46. The molecule has 2 saturated carbocycles. The number of ether oxygens (including phenoxy) is 2. The van der Waals surface area contributed by atoms with Crippen LogP contribution in [0.4, 0.5) is 0 Å². The van der Waals surface area contributed by atoms with Gasteiger partial charge in [0, 0.05) is 5.39 Å². The quantitative estimate of drug-likeness (QED) is 0.684. The summed E-state index contributed by atoms with van der Waals surface area (Å²) in [6.07, 6.45) is 12.2. The van der Waals surface area contributed by atoms with Crippen molar-refractivity contribution in [2.75, 3.05) is 13.7 Å². The molecule has 6 atom stereocenters. The van der Waals surface area contributed by atoms with Crippen LogP contribution in [0.5, 0.6) is 5.75 Å². The highest BCUT2D eigenvalue weighted by Gasteiger charge is 2.49. The van der Waals surface area contributed by atoms with Crippen molar-refractivity contribution in [2.45, 2.75) is 45.1 Å². The normalized spacial score (nSPS) is 35.1. The Labute approximate surface area is 168 Å². The van der Waals surface area contributed by atoms with Crippen molar-refractivity contribution in [2.24, 2.45) is 29.6 Å². The first-order valence-electron chi connectivity index (χ1n) is 11.0. The van der Waals surface area contributed by atoms with Crippen LogP contribution in [-0.2, 0) is 4.74 Å². The van der Waals surface area contributed by atoms with Crippen LogP contribution in [0.3, 0.4) is 0 Å². The maximum absolute atomic E-state index is 6.11. The lowest BCUT2D eigenvalue weighted by Crippen LogP contribution is -2.42. The van der Waals surface area contributed by atoms with E-state index >= 15 is 0 Å². The first kappa shape index (κ1) is 18.2. The van der Waals surface area contributed by atoms with Crippen molar-refractivity contribution in [1.29, 1.82) is 0 Å². The molecule has 28 heavy (non-hydrogen) atoms. The minimum absolute atomic E-state index is 0.388. The predicted octanol–water partition coefficient (Wildman–Crippen LogP) is 5.73. The van der Waals surface area contributed by atoms with Gasteiger partial charge in [0.05, 0.1) is 31.0 Å². The Bertz CT molecular complexity index is 874. The van der Waals surface area contributed by atoms with Gasteiger partial charge in [-0.1, -0.05) is 31.4 Å². The number of allylic oxidation sites excluding steroid dienone is 1. The molecule has 1 aromatic heterocycles. The van der Waals surface area contributed by atoms with Crippen molar-refractivity contribution in [3.8, 4) is 5.75 Å². The zero-order valence-electron chi connectivity index (χ0n) is 17.0. The summed E-state index contributed by atoms with van der Waals surface area (Å²) < 4.78 is 11.4. The fraction of sp³-hybridized carbons (Fsp3) is 0.560. The number of rotatable bonds is 3. The minimum Gasteiger partial charge on any atom is -0.497 e. The largest absolute Gasteiger partial charge is 0.497 e. The first-order chi connectivity index (χ1) is 13.7. The van der Waals surface area contributed by atoms with Gasteiger partial charge in [-0.3, -0.25) is 0 Å². The van der Waals surface area contributed by atoms with Gasteiger partial charge in [0.15, 0.2) is 0 Å². The van der Waals surface area contributed by atoms with Crippen LogP contribution in [0.15, 0.2) is 36.4 Å². The van der Waals surface area contributed by atoms with E-state index in [1.807, 2.05) is 18.2 Å². The molecule has 0 amide bonds. The van der Waals surface area contributed by atoms with Gasteiger partial charge in [-0.25, -0.2) is 4.98 Å². The average molecular weight is 378 g/mol. The summed E-state index contributed by atoms with van der Waals surface area (Å²) in [5.41, 5.74) is 2.08. The SMILES string of the molecule is COc1ccc2nc(/C=C/[C@H]3[C@@H]4CCCC[C@H]4C[C@H]4CO[C@H](C)[C@H]43)ccc2c1. The number of nitrogens with zero attached hydrogens (tertiary/aromatic N) is 1. The van der Waals surface area contributed by atoms with E-state index in [1.54, 1.807) is 7.11 Å². The molecule has 5 rings (SSSR count). The molecular weight excluding hydrogens is 346 g/mol. The molecule has 3 fully saturated rings. The molecular formula is C25H31NO2. The second-order valence-electron chi connectivity index (χ2n) is 9.05. The standard InChI is InChI=1S/C25H31NO2/c1-16-25-19(15-28-16)13-17-5-3-4-6-22(17)23(25)11-9-20-8-7-18-14-21(27-2)10-12-24(18)26-20/h7-12,14,16-17,19,22-23,25H,3-6,13,15H2,1-2H3/b11-9+/t16-,17+,19+,22-,23+,25-/m1/s1.